The fourth-order valence-corrected chi connectivity index (χ4v) is 1.13. The number of alkyl halides is 1. The highest BCUT2D eigenvalue weighted by molar-refractivity contribution is 5.78. The van der Waals surface area contributed by atoms with E-state index >= 15 is 0 Å². The van der Waals surface area contributed by atoms with E-state index in [4.69, 9.17) is 9.15 Å². The third-order valence-electron chi connectivity index (χ3n) is 1.71. The van der Waals surface area contributed by atoms with E-state index in [-0.39, 0.29) is 6.61 Å². The van der Waals surface area contributed by atoms with Crippen molar-refractivity contribution in [3.63, 3.8) is 0 Å². The Bertz CT molecular complexity index is 394. The van der Waals surface area contributed by atoms with Crippen LogP contribution in [0.4, 0.5) is 4.39 Å². The van der Waals surface area contributed by atoms with E-state index in [1.807, 2.05) is 0 Å². The van der Waals surface area contributed by atoms with E-state index in [2.05, 4.69) is 6.26 Å². The van der Waals surface area contributed by atoms with E-state index in [1.54, 1.807) is 24.3 Å². The molecule has 0 amide bonds. The summed E-state index contributed by atoms with van der Waals surface area (Å²) < 4.78 is 21.9. The largest absolute Gasteiger partial charge is 0.491 e. The number of rotatable bonds is 3. The molecule has 1 radical (unpaired) electrons. The molecule has 0 saturated carbocycles. The fourth-order valence-electron chi connectivity index (χ4n) is 1.13. The highest BCUT2D eigenvalue weighted by Crippen LogP contribution is 2.21. The summed E-state index contributed by atoms with van der Waals surface area (Å²) in [6, 6.07) is 7.04. The summed E-state index contributed by atoms with van der Waals surface area (Å²) in [5.41, 5.74) is 0.757. The molecule has 0 saturated heterocycles. The first-order chi connectivity index (χ1) is 6.40. The second kappa shape index (κ2) is 3.47. The van der Waals surface area contributed by atoms with Crippen LogP contribution < -0.4 is 4.74 Å². The van der Waals surface area contributed by atoms with Gasteiger partial charge in [-0.1, -0.05) is 0 Å². The summed E-state index contributed by atoms with van der Waals surface area (Å²) in [7, 11) is 0. The molecule has 13 heavy (non-hydrogen) atoms. The van der Waals surface area contributed by atoms with Crippen LogP contribution >= 0.6 is 0 Å². The van der Waals surface area contributed by atoms with Gasteiger partial charge in [0.1, 0.15) is 24.6 Å². The van der Waals surface area contributed by atoms with Crippen molar-refractivity contribution in [3.05, 3.63) is 30.5 Å². The molecule has 1 aromatic heterocycles. The monoisotopic (exact) mass is 179 g/mol. The molecule has 0 fully saturated rings. The van der Waals surface area contributed by atoms with Crippen LogP contribution in [0.3, 0.4) is 0 Å². The minimum Gasteiger partial charge on any atom is -0.491 e. The van der Waals surface area contributed by atoms with Crippen molar-refractivity contribution in [2.75, 3.05) is 13.3 Å². The van der Waals surface area contributed by atoms with Gasteiger partial charge in [-0.15, -0.1) is 0 Å². The number of hydrogen-bond donors (Lipinski definition) is 0. The van der Waals surface area contributed by atoms with E-state index in [1.165, 1.54) is 0 Å². The summed E-state index contributed by atoms with van der Waals surface area (Å²) in [5.74, 6) is 0.653. The molecular weight excluding hydrogens is 171 g/mol. The molecule has 0 aliphatic rings. The predicted octanol–water partition coefficient (Wildman–Crippen LogP) is 2.58. The molecule has 0 aliphatic carbocycles. The van der Waals surface area contributed by atoms with Crippen LogP contribution in [0.5, 0.6) is 5.75 Å². The van der Waals surface area contributed by atoms with Gasteiger partial charge in [-0.3, -0.25) is 0 Å². The Morgan fingerprint density at radius 3 is 3.23 bits per heavy atom. The van der Waals surface area contributed by atoms with Crippen LogP contribution in [0.2, 0.25) is 0 Å². The molecule has 2 nitrogen and oxygen atoms in total. The maximum Gasteiger partial charge on any atom is 0.170 e. The zero-order chi connectivity index (χ0) is 9.10. The van der Waals surface area contributed by atoms with Gasteiger partial charge in [0.25, 0.3) is 0 Å². The number of ether oxygens (including phenoxy) is 1. The lowest BCUT2D eigenvalue weighted by molar-refractivity contribution is 0.273. The Hall–Kier alpha value is -1.51. The third kappa shape index (κ3) is 1.64. The van der Waals surface area contributed by atoms with Gasteiger partial charge in [-0.2, -0.15) is 0 Å². The lowest BCUT2D eigenvalue weighted by atomic mass is 10.2. The Labute approximate surface area is 74.9 Å². The summed E-state index contributed by atoms with van der Waals surface area (Å²) >= 11 is 0. The minimum atomic E-state index is -0.477. The smallest absolute Gasteiger partial charge is 0.170 e. The predicted molar refractivity (Wildman–Crippen MR) is 46.5 cm³/mol. The Morgan fingerprint density at radius 1 is 1.46 bits per heavy atom. The minimum absolute atomic E-state index is 0.0903. The molecule has 1 aromatic carbocycles. The molecule has 0 aliphatic heterocycles. The zero-order valence-electron chi connectivity index (χ0n) is 6.92. The average molecular weight is 179 g/mol. The van der Waals surface area contributed by atoms with Gasteiger partial charge in [0.2, 0.25) is 0 Å². The van der Waals surface area contributed by atoms with Crippen LogP contribution in [0.1, 0.15) is 0 Å². The van der Waals surface area contributed by atoms with Crippen molar-refractivity contribution in [3.8, 4) is 5.75 Å². The fraction of sp³-hybridized carbons (Fsp3) is 0.200. The maximum atomic E-state index is 11.8. The number of furan rings is 1. The lowest BCUT2D eigenvalue weighted by Gasteiger charge is -2.01. The SMILES string of the molecule is FCCOc1ccc2o[c]cc2c1. The van der Waals surface area contributed by atoms with Crippen molar-refractivity contribution < 1.29 is 13.5 Å². The first-order valence-electron chi connectivity index (χ1n) is 3.98. The first-order valence-corrected chi connectivity index (χ1v) is 3.98. The molecule has 0 spiro atoms. The summed E-state index contributed by atoms with van der Waals surface area (Å²) in [6.07, 6.45) is 2.62. The summed E-state index contributed by atoms with van der Waals surface area (Å²) in [4.78, 5) is 0. The normalized spacial score (nSPS) is 10.5. The number of fused-ring (bicyclic) bond motifs is 1. The van der Waals surface area contributed by atoms with E-state index < -0.39 is 6.67 Å². The van der Waals surface area contributed by atoms with Crippen LogP contribution in [-0.2, 0) is 0 Å². The standard InChI is InChI=1S/C10H8FO2/c11-4-6-12-9-1-2-10-8(7-9)3-5-13-10/h1-3,7H,4,6H2. The highest BCUT2D eigenvalue weighted by atomic mass is 19.1. The van der Waals surface area contributed by atoms with Crippen molar-refractivity contribution >= 4 is 11.0 Å². The first kappa shape index (κ1) is 8.10. The molecule has 2 rings (SSSR count). The Kier molecular flexibility index (Phi) is 2.17. The van der Waals surface area contributed by atoms with Gasteiger partial charge in [-0.25, -0.2) is 4.39 Å². The van der Waals surface area contributed by atoms with Crippen molar-refractivity contribution in [2.45, 2.75) is 0 Å². The van der Waals surface area contributed by atoms with Crippen LogP contribution in [0.15, 0.2) is 28.7 Å². The molecule has 2 aromatic rings. The number of hydrogen-bond acceptors (Lipinski definition) is 2. The van der Waals surface area contributed by atoms with Gasteiger partial charge in [0.15, 0.2) is 6.26 Å². The van der Waals surface area contributed by atoms with E-state index in [9.17, 15) is 4.39 Å². The van der Waals surface area contributed by atoms with Crippen LogP contribution in [0.25, 0.3) is 11.0 Å². The quantitative estimate of drug-likeness (QED) is 0.722. The van der Waals surface area contributed by atoms with E-state index in [0.29, 0.717) is 5.75 Å². The summed E-state index contributed by atoms with van der Waals surface area (Å²) in [5, 5.41) is 0.913. The molecule has 1 heterocycles. The number of halogens is 1. The zero-order valence-corrected chi connectivity index (χ0v) is 6.92. The van der Waals surface area contributed by atoms with Gasteiger partial charge >= 0.3 is 0 Å². The Morgan fingerprint density at radius 2 is 2.38 bits per heavy atom. The third-order valence-corrected chi connectivity index (χ3v) is 1.71. The molecule has 0 unspecified atom stereocenters. The van der Waals surface area contributed by atoms with Gasteiger partial charge in [0.05, 0.1) is 0 Å². The molecule has 0 bridgehead atoms. The van der Waals surface area contributed by atoms with Crippen LogP contribution in [0, 0.1) is 6.26 Å². The van der Waals surface area contributed by atoms with Gasteiger partial charge in [-0.05, 0) is 24.3 Å². The second-order valence-electron chi connectivity index (χ2n) is 2.60. The van der Waals surface area contributed by atoms with Crippen molar-refractivity contribution in [1.29, 1.82) is 0 Å². The van der Waals surface area contributed by atoms with Gasteiger partial charge < -0.3 is 9.15 Å². The highest BCUT2D eigenvalue weighted by Gasteiger charge is 1.99. The van der Waals surface area contributed by atoms with Crippen LogP contribution in [-0.4, -0.2) is 13.3 Å². The molecule has 67 valence electrons. The molecule has 0 N–H and O–H groups in total. The number of benzene rings is 1. The van der Waals surface area contributed by atoms with Gasteiger partial charge in [0, 0.05) is 5.39 Å². The maximum absolute atomic E-state index is 11.8. The lowest BCUT2D eigenvalue weighted by Crippen LogP contribution is -1.97. The molecular formula is C10H8FO2. The topological polar surface area (TPSA) is 22.4 Å². The van der Waals surface area contributed by atoms with Crippen molar-refractivity contribution in [2.24, 2.45) is 0 Å². The van der Waals surface area contributed by atoms with E-state index in [0.717, 1.165) is 11.0 Å². The molecule has 3 heteroatoms. The average Bonchev–Trinajstić information content (AvgIpc) is 2.61. The van der Waals surface area contributed by atoms with Crippen molar-refractivity contribution in [1.82, 2.24) is 0 Å². The second-order valence-corrected chi connectivity index (χ2v) is 2.60. The molecule has 0 atom stereocenters. The Balaban J connectivity index is 2.26. The summed E-state index contributed by atoms with van der Waals surface area (Å²) in [6.45, 7) is -0.386.